The van der Waals surface area contributed by atoms with E-state index in [1.54, 1.807) is 0 Å². The molecule has 25 heavy (non-hydrogen) atoms. The molecular weight excluding hydrogens is 310 g/mol. The lowest BCUT2D eigenvalue weighted by molar-refractivity contribution is 0.200. The molecule has 2 unspecified atom stereocenters. The van der Waals surface area contributed by atoms with E-state index in [1.807, 2.05) is 0 Å². The third-order valence-corrected chi connectivity index (χ3v) is 5.56. The number of nitrogens with two attached hydrogens (primary N) is 1. The van der Waals surface area contributed by atoms with Crippen LogP contribution in [0.3, 0.4) is 0 Å². The maximum Gasteiger partial charge on any atom is 0.191 e. The lowest BCUT2D eigenvalue weighted by Gasteiger charge is -2.39. The monoisotopic (exact) mass is 343 g/mol. The molecule has 0 aliphatic carbocycles. The third kappa shape index (κ3) is 4.88. The summed E-state index contributed by atoms with van der Waals surface area (Å²) in [4.78, 5) is 12.0. The van der Waals surface area contributed by atoms with Crippen molar-refractivity contribution in [1.82, 2.24) is 9.80 Å². The fourth-order valence-corrected chi connectivity index (χ4v) is 3.90. The van der Waals surface area contributed by atoms with Crippen LogP contribution in [0.5, 0.6) is 0 Å². The summed E-state index contributed by atoms with van der Waals surface area (Å²) < 4.78 is 0. The van der Waals surface area contributed by atoms with Crippen LogP contribution in [0.15, 0.2) is 35.3 Å². The molecular formula is C20H33N5. The zero-order valence-electron chi connectivity index (χ0n) is 15.8. The predicted molar refractivity (Wildman–Crippen MR) is 106 cm³/mol. The minimum absolute atomic E-state index is 0.443. The number of hydrogen-bond acceptors (Lipinski definition) is 3. The molecule has 5 nitrogen and oxygen atoms in total. The van der Waals surface area contributed by atoms with E-state index in [9.17, 15) is 0 Å². The van der Waals surface area contributed by atoms with Crippen LogP contribution in [-0.2, 0) is 0 Å². The van der Waals surface area contributed by atoms with Crippen molar-refractivity contribution >= 4 is 11.6 Å². The number of para-hydroxylation sites is 1. The fraction of sp³-hybridized carbons (Fsp3) is 0.650. The number of nitrogens with zero attached hydrogens (tertiary/aromatic N) is 4. The molecule has 0 spiro atoms. The van der Waals surface area contributed by atoms with Crippen molar-refractivity contribution in [3.8, 4) is 0 Å². The molecule has 2 saturated heterocycles. The molecule has 138 valence electrons. The normalized spacial score (nSPS) is 24.4. The molecule has 2 aliphatic rings. The summed E-state index contributed by atoms with van der Waals surface area (Å²) in [6.45, 7) is 11.8. The minimum atomic E-state index is 0.443. The molecule has 1 aromatic carbocycles. The van der Waals surface area contributed by atoms with E-state index < -0.39 is 0 Å². The number of benzene rings is 1. The predicted octanol–water partition coefficient (Wildman–Crippen LogP) is 2.24. The van der Waals surface area contributed by atoms with E-state index in [2.05, 4.69) is 58.9 Å². The van der Waals surface area contributed by atoms with E-state index in [-0.39, 0.29) is 0 Å². The van der Waals surface area contributed by atoms with Crippen molar-refractivity contribution in [3.05, 3.63) is 30.3 Å². The van der Waals surface area contributed by atoms with Gasteiger partial charge in [0.1, 0.15) is 0 Å². The summed E-state index contributed by atoms with van der Waals surface area (Å²) in [5.74, 6) is 1.47. The summed E-state index contributed by atoms with van der Waals surface area (Å²) in [7, 11) is 0. The van der Waals surface area contributed by atoms with Crippen molar-refractivity contribution in [1.29, 1.82) is 0 Å². The number of guanidine groups is 1. The van der Waals surface area contributed by atoms with Gasteiger partial charge in [0.25, 0.3) is 0 Å². The van der Waals surface area contributed by atoms with E-state index in [1.165, 1.54) is 18.5 Å². The highest BCUT2D eigenvalue weighted by molar-refractivity contribution is 5.78. The van der Waals surface area contributed by atoms with Gasteiger partial charge >= 0.3 is 0 Å². The van der Waals surface area contributed by atoms with E-state index in [4.69, 9.17) is 10.7 Å². The van der Waals surface area contributed by atoms with Gasteiger partial charge in [-0.2, -0.15) is 0 Å². The smallest absolute Gasteiger partial charge is 0.191 e. The zero-order chi connectivity index (χ0) is 17.6. The van der Waals surface area contributed by atoms with Crippen LogP contribution >= 0.6 is 0 Å². The molecule has 2 fully saturated rings. The minimum Gasteiger partial charge on any atom is -0.370 e. The maximum absolute atomic E-state index is 6.24. The quantitative estimate of drug-likeness (QED) is 0.673. The van der Waals surface area contributed by atoms with Crippen LogP contribution in [0, 0.1) is 5.92 Å². The van der Waals surface area contributed by atoms with E-state index >= 15 is 0 Å². The Labute approximate surface area is 152 Å². The number of likely N-dealkylation sites (tertiary alicyclic amines) is 1. The molecule has 0 saturated carbocycles. The molecule has 2 atom stereocenters. The van der Waals surface area contributed by atoms with Crippen LogP contribution in [0.4, 0.5) is 5.69 Å². The summed E-state index contributed by atoms with van der Waals surface area (Å²) in [5.41, 5.74) is 7.57. The molecule has 1 aromatic rings. The average molecular weight is 344 g/mol. The van der Waals surface area contributed by atoms with Gasteiger partial charge in [-0.05, 0) is 37.8 Å². The van der Waals surface area contributed by atoms with Gasteiger partial charge in [-0.1, -0.05) is 25.1 Å². The standard InChI is InChI=1S/C20H33N5/c1-17-7-6-10-25(16-17)20(21)22-15-18(2)23-11-13-24(14-12-23)19-8-4-3-5-9-19/h3-5,8-9,17-18H,6-7,10-16H2,1-2H3,(H2,21,22). The number of piperidine rings is 1. The Balaban J connectivity index is 1.46. The summed E-state index contributed by atoms with van der Waals surface area (Å²) in [5, 5.41) is 0. The summed E-state index contributed by atoms with van der Waals surface area (Å²) in [6, 6.07) is 11.1. The van der Waals surface area contributed by atoms with Crippen molar-refractivity contribution in [3.63, 3.8) is 0 Å². The second kappa shape index (κ2) is 8.56. The Bertz CT molecular complexity index is 550. The first-order valence-corrected chi connectivity index (χ1v) is 9.72. The number of hydrogen-bond donors (Lipinski definition) is 1. The van der Waals surface area contributed by atoms with Gasteiger partial charge in [0.05, 0.1) is 6.54 Å². The molecule has 3 rings (SSSR count). The molecule has 5 heteroatoms. The molecule has 0 bridgehead atoms. The Morgan fingerprint density at radius 1 is 1.16 bits per heavy atom. The van der Waals surface area contributed by atoms with Gasteiger partial charge in [0, 0.05) is 51.0 Å². The van der Waals surface area contributed by atoms with Gasteiger partial charge in [-0.15, -0.1) is 0 Å². The first-order chi connectivity index (χ1) is 12.1. The van der Waals surface area contributed by atoms with E-state index in [0.717, 1.165) is 57.7 Å². The highest BCUT2D eigenvalue weighted by Crippen LogP contribution is 2.17. The van der Waals surface area contributed by atoms with Crippen LogP contribution < -0.4 is 10.6 Å². The summed E-state index contributed by atoms with van der Waals surface area (Å²) in [6.07, 6.45) is 2.54. The fourth-order valence-electron chi connectivity index (χ4n) is 3.90. The van der Waals surface area contributed by atoms with Gasteiger partial charge in [0.15, 0.2) is 5.96 Å². The van der Waals surface area contributed by atoms with Crippen molar-refractivity contribution in [2.75, 3.05) is 50.7 Å². The molecule has 0 radical (unpaired) electrons. The van der Waals surface area contributed by atoms with Gasteiger partial charge in [-0.25, -0.2) is 0 Å². The topological polar surface area (TPSA) is 48.1 Å². The van der Waals surface area contributed by atoms with Crippen LogP contribution in [0.25, 0.3) is 0 Å². The lowest BCUT2D eigenvalue weighted by Crippen LogP contribution is -2.51. The van der Waals surface area contributed by atoms with Crippen molar-refractivity contribution in [2.24, 2.45) is 16.6 Å². The number of anilines is 1. The molecule has 0 amide bonds. The zero-order valence-corrected chi connectivity index (χ0v) is 15.8. The number of piperazine rings is 1. The molecule has 0 aromatic heterocycles. The Morgan fingerprint density at radius 3 is 2.56 bits per heavy atom. The second-order valence-corrected chi connectivity index (χ2v) is 7.60. The number of rotatable bonds is 4. The number of aliphatic imine (C=N–C) groups is 1. The maximum atomic E-state index is 6.24. The Kier molecular flexibility index (Phi) is 6.19. The van der Waals surface area contributed by atoms with E-state index in [0.29, 0.717) is 6.04 Å². The SMILES string of the molecule is CC1CCCN(C(N)=NCC(C)N2CCN(c3ccccc3)CC2)C1. The van der Waals surface area contributed by atoms with Crippen LogP contribution in [0.2, 0.25) is 0 Å². The lowest BCUT2D eigenvalue weighted by atomic mass is 10.0. The second-order valence-electron chi connectivity index (χ2n) is 7.60. The first kappa shape index (κ1) is 18.1. The Hall–Kier alpha value is -1.75. The Morgan fingerprint density at radius 2 is 1.88 bits per heavy atom. The van der Waals surface area contributed by atoms with Crippen LogP contribution in [-0.4, -0.2) is 67.6 Å². The average Bonchev–Trinajstić information content (AvgIpc) is 2.66. The largest absolute Gasteiger partial charge is 0.370 e. The molecule has 2 heterocycles. The van der Waals surface area contributed by atoms with Gasteiger partial charge in [0.2, 0.25) is 0 Å². The van der Waals surface area contributed by atoms with Gasteiger partial charge in [-0.3, -0.25) is 9.89 Å². The molecule has 2 aliphatic heterocycles. The highest BCUT2D eigenvalue weighted by atomic mass is 15.3. The highest BCUT2D eigenvalue weighted by Gasteiger charge is 2.22. The van der Waals surface area contributed by atoms with Crippen molar-refractivity contribution < 1.29 is 0 Å². The van der Waals surface area contributed by atoms with Gasteiger partial charge < -0.3 is 15.5 Å². The third-order valence-electron chi connectivity index (χ3n) is 5.56. The summed E-state index contributed by atoms with van der Waals surface area (Å²) >= 11 is 0. The van der Waals surface area contributed by atoms with Crippen LogP contribution in [0.1, 0.15) is 26.7 Å². The van der Waals surface area contributed by atoms with Crippen molar-refractivity contribution in [2.45, 2.75) is 32.7 Å². The molecule has 2 N–H and O–H groups in total. The first-order valence-electron chi connectivity index (χ1n) is 9.72.